The van der Waals surface area contributed by atoms with E-state index in [4.69, 9.17) is 16.3 Å². The molecular formula is C47H50ClN5O4. The van der Waals surface area contributed by atoms with Gasteiger partial charge in [-0.15, -0.1) is 0 Å². The lowest BCUT2D eigenvalue weighted by atomic mass is 9.86. The van der Waals surface area contributed by atoms with Crippen LogP contribution in [0, 0.1) is 0 Å². The summed E-state index contributed by atoms with van der Waals surface area (Å²) in [7, 11) is 2.11. The van der Waals surface area contributed by atoms with Crippen molar-refractivity contribution in [2.24, 2.45) is 0 Å². The van der Waals surface area contributed by atoms with Gasteiger partial charge in [0.2, 0.25) is 0 Å². The molecule has 4 aliphatic heterocycles. The quantitative estimate of drug-likeness (QED) is 0.179. The number of carbonyl (C=O) groups is 2. The number of morpholine rings is 1. The van der Waals surface area contributed by atoms with Gasteiger partial charge < -0.3 is 24.2 Å². The Labute approximate surface area is 340 Å². The summed E-state index contributed by atoms with van der Waals surface area (Å²) in [6.45, 7) is 10.5. The first kappa shape index (κ1) is 37.5. The molecular weight excluding hydrogens is 734 g/mol. The summed E-state index contributed by atoms with van der Waals surface area (Å²) < 4.78 is 7.89. The zero-order valence-electron chi connectivity index (χ0n) is 33.0. The highest BCUT2D eigenvalue weighted by molar-refractivity contribution is 6.31. The molecule has 57 heavy (non-hydrogen) atoms. The largest absolute Gasteiger partial charge is 0.508 e. The Morgan fingerprint density at radius 2 is 1.63 bits per heavy atom. The van der Waals surface area contributed by atoms with Gasteiger partial charge >= 0.3 is 0 Å². The average Bonchev–Trinajstić information content (AvgIpc) is 3.71. The van der Waals surface area contributed by atoms with E-state index < -0.39 is 0 Å². The summed E-state index contributed by atoms with van der Waals surface area (Å²) in [5.41, 5.74) is 9.83. The van der Waals surface area contributed by atoms with Gasteiger partial charge in [0.25, 0.3) is 11.8 Å². The molecule has 294 valence electrons. The van der Waals surface area contributed by atoms with Crippen LogP contribution in [0.15, 0.2) is 91.0 Å². The molecule has 0 aliphatic carbocycles. The molecule has 1 fully saturated rings. The third-order valence-corrected chi connectivity index (χ3v) is 12.7. The second kappa shape index (κ2) is 15.0. The number of anilines is 3. The molecule has 4 aromatic carbocycles. The summed E-state index contributed by atoms with van der Waals surface area (Å²) in [5, 5.41) is 10.8. The van der Waals surface area contributed by atoms with Crippen molar-refractivity contribution >= 4 is 40.5 Å². The lowest BCUT2D eigenvalue weighted by molar-refractivity contribution is 0.0193. The summed E-state index contributed by atoms with van der Waals surface area (Å²) in [5.74, 6) is -0.0613. The van der Waals surface area contributed by atoms with Crippen LogP contribution in [0.5, 0.6) is 5.75 Å². The summed E-state index contributed by atoms with van der Waals surface area (Å²) >= 11 is 6.79. The van der Waals surface area contributed by atoms with E-state index >= 15 is 9.59 Å². The molecule has 10 heteroatoms. The molecule has 1 N–H and O–H groups in total. The van der Waals surface area contributed by atoms with Crippen LogP contribution in [0.4, 0.5) is 17.1 Å². The van der Waals surface area contributed by atoms with E-state index in [0.29, 0.717) is 41.6 Å². The fourth-order valence-electron chi connectivity index (χ4n) is 9.63. The number of hydrogen-bond donors (Lipinski definition) is 1. The van der Waals surface area contributed by atoms with Crippen molar-refractivity contribution < 1.29 is 19.4 Å². The Balaban J connectivity index is 1.13. The maximum Gasteiger partial charge on any atom is 0.264 e. The van der Waals surface area contributed by atoms with Gasteiger partial charge in [0.1, 0.15) is 5.75 Å². The standard InChI is InChI=1S/C47H50ClN5O4/c1-47(2)30-49(3)43-18-14-35(26-41(43)47)53(34-12-15-37(54)16-13-34)46(56)40-27-44(51-19-7-6-10-42(40)51)39-25-33(48)11-17-38(39)45(55)52-28-32-9-5-4-8-31(32)24-36(52)29-50-20-22-57-23-21-50/h4-5,8-9,11-18,25-27,36,54H,6-7,10,19-24,28-30H2,1-3H3/t36-/m0/s1. The van der Waals surface area contributed by atoms with Crippen molar-refractivity contribution in [1.82, 2.24) is 14.4 Å². The number of phenols is 1. The number of aromatic hydroxyl groups is 1. The number of fused-ring (bicyclic) bond motifs is 3. The number of phenolic OH excluding ortho intramolecular Hbond substituents is 1. The number of hydrogen-bond acceptors (Lipinski definition) is 6. The molecule has 0 radical (unpaired) electrons. The van der Waals surface area contributed by atoms with Crippen molar-refractivity contribution in [3.8, 4) is 17.0 Å². The van der Waals surface area contributed by atoms with Crippen LogP contribution in [-0.2, 0) is 36.1 Å². The highest BCUT2D eigenvalue weighted by Crippen LogP contribution is 2.44. The Bertz CT molecular complexity index is 2350. The number of halogens is 1. The van der Waals surface area contributed by atoms with Crippen molar-refractivity contribution in [3.63, 3.8) is 0 Å². The molecule has 4 aliphatic rings. The van der Waals surface area contributed by atoms with Crippen molar-refractivity contribution in [2.75, 3.05) is 56.2 Å². The molecule has 0 spiro atoms. The average molecular weight is 784 g/mol. The Hall–Kier alpha value is -5.09. The van der Waals surface area contributed by atoms with Gasteiger partial charge in [0.15, 0.2) is 0 Å². The van der Waals surface area contributed by atoms with Crippen molar-refractivity contribution in [1.29, 1.82) is 0 Å². The molecule has 0 unspecified atom stereocenters. The van der Waals surface area contributed by atoms with Crippen LogP contribution in [0.25, 0.3) is 11.3 Å². The van der Waals surface area contributed by atoms with Crippen LogP contribution in [0.1, 0.15) is 69.8 Å². The lowest BCUT2D eigenvalue weighted by Gasteiger charge is -2.40. The lowest BCUT2D eigenvalue weighted by Crippen LogP contribution is -2.52. The fourth-order valence-corrected chi connectivity index (χ4v) is 9.80. The first-order valence-electron chi connectivity index (χ1n) is 20.2. The number of aromatic nitrogens is 1. The topological polar surface area (TPSA) is 81.5 Å². The van der Waals surface area contributed by atoms with Crippen LogP contribution in [-0.4, -0.2) is 83.8 Å². The predicted molar refractivity (Wildman–Crippen MR) is 226 cm³/mol. The molecule has 0 saturated carbocycles. The smallest absolute Gasteiger partial charge is 0.264 e. The molecule has 1 saturated heterocycles. The second-order valence-electron chi connectivity index (χ2n) is 16.8. The minimum absolute atomic E-state index is 0.0108. The normalized spacial score (nSPS) is 18.8. The van der Waals surface area contributed by atoms with Gasteiger partial charge in [-0.25, -0.2) is 0 Å². The number of amides is 2. The maximum atomic E-state index is 15.3. The molecule has 1 atom stereocenters. The van der Waals surface area contributed by atoms with Gasteiger partial charge in [-0.1, -0.05) is 49.7 Å². The van der Waals surface area contributed by atoms with Gasteiger partial charge in [0, 0.05) is 102 Å². The molecule has 9 nitrogen and oxygen atoms in total. The minimum atomic E-state index is -0.158. The number of ether oxygens (including phenoxy) is 1. The SMILES string of the molecule is CN1CC(C)(C)c2cc(N(C(=O)c3cc(-c4cc(Cl)ccc4C(=O)N4Cc5ccccc5C[C@H]4CN4CCOCC4)n4c3CCCC4)c3ccc(O)cc3)ccc21. The molecule has 1 aromatic heterocycles. The minimum Gasteiger partial charge on any atom is -0.508 e. The second-order valence-corrected chi connectivity index (χ2v) is 17.2. The number of carbonyl (C=O) groups excluding carboxylic acids is 2. The molecule has 2 amide bonds. The zero-order valence-corrected chi connectivity index (χ0v) is 33.8. The third-order valence-electron chi connectivity index (χ3n) is 12.5. The summed E-state index contributed by atoms with van der Waals surface area (Å²) in [6.07, 6.45) is 3.44. The van der Waals surface area contributed by atoms with Crippen LogP contribution in [0.3, 0.4) is 0 Å². The number of benzene rings is 4. The van der Waals surface area contributed by atoms with E-state index in [2.05, 4.69) is 70.5 Å². The predicted octanol–water partition coefficient (Wildman–Crippen LogP) is 8.46. The molecule has 5 aromatic rings. The van der Waals surface area contributed by atoms with E-state index in [-0.39, 0.29) is 29.0 Å². The zero-order chi connectivity index (χ0) is 39.4. The molecule has 9 rings (SSSR count). The van der Waals surface area contributed by atoms with Gasteiger partial charge in [-0.05, 0) is 109 Å². The number of likely N-dealkylation sites (N-methyl/N-ethyl adjacent to an activating group) is 1. The van der Waals surface area contributed by atoms with Crippen molar-refractivity contribution in [2.45, 2.75) is 64.1 Å². The van der Waals surface area contributed by atoms with Crippen LogP contribution < -0.4 is 9.80 Å². The van der Waals surface area contributed by atoms with Gasteiger partial charge in [-0.2, -0.15) is 0 Å². The first-order chi connectivity index (χ1) is 27.6. The van der Waals surface area contributed by atoms with Crippen LogP contribution in [0.2, 0.25) is 5.02 Å². The van der Waals surface area contributed by atoms with E-state index in [1.54, 1.807) is 35.2 Å². The highest BCUT2D eigenvalue weighted by Gasteiger charge is 2.37. The maximum absolute atomic E-state index is 15.3. The van der Waals surface area contributed by atoms with Crippen molar-refractivity contribution in [3.05, 3.63) is 130 Å². The van der Waals surface area contributed by atoms with Gasteiger partial charge in [-0.3, -0.25) is 19.4 Å². The Morgan fingerprint density at radius 1 is 0.877 bits per heavy atom. The fraction of sp³-hybridized carbons (Fsp3) is 0.362. The van der Waals surface area contributed by atoms with Gasteiger partial charge in [0.05, 0.1) is 18.8 Å². The first-order valence-corrected chi connectivity index (χ1v) is 20.6. The van der Waals surface area contributed by atoms with Crippen LogP contribution >= 0.6 is 11.6 Å². The van der Waals surface area contributed by atoms with E-state index in [0.717, 1.165) is 86.7 Å². The van der Waals surface area contributed by atoms with E-state index in [1.165, 1.54) is 16.7 Å². The third kappa shape index (κ3) is 7.00. The Kier molecular flexibility index (Phi) is 9.87. The molecule has 5 heterocycles. The Morgan fingerprint density at radius 3 is 2.42 bits per heavy atom. The van der Waals surface area contributed by atoms with E-state index in [1.807, 2.05) is 30.3 Å². The summed E-state index contributed by atoms with van der Waals surface area (Å²) in [6, 6.07) is 29.1. The monoisotopic (exact) mass is 783 g/mol. The highest BCUT2D eigenvalue weighted by atomic mass is 35.5. The summed E-state index contributed by atoms with van der Waals surface area (Å²) in [4.78, 5) is 38.9. The molecule has 0 bridgehead atoms. The number of nitrogens with zero attached hydrogens (tertiary/aromatic N) is 5. The van der Waals surface area contributed by atoms with E-state index in [9.17, 15) is 5.11 Å². The number of rotatable bonds is 7.